The van der Waals surface area contributed by atoms with Crippen molar-refractivity contribution in [2.24, 2.45) is 0 Å². The van der Waals surface area contributed by atoms with E-state index in [9.17, 15) is 9.59 Å². The summed E-state index contributed by atoms with van der Waals surface area (Å²) in [5.41, 5.74) is 2.59. The van der Waals surface area contributed by atoms with Crippen LogP contribution in [0.25, 0.3) is 5.69 Å². The van der Waals surface area contributed by atoms with Crippen molar-refractivity contribution in [3.05, 3.63) is 59.9 Å². The zero-order valence-electron chi connectivity index (χ0n) is 18.8. The fraction of sp³-hybridized carbons (Fsp3) is 0.292. The summed E-state index contributed by atoms with van der Waals surface area (Å²) in [6.07, 6.45) is 1.70. The average Bonchev–Trinajstić information content (AvgIpc) is 3.32. The molecule has 1 aliphatic rings. The quantitative estimate of drug-likeness (QED) is 0.595. The third-order valence-corrected chi connectivity index (χ3v) is 5.22. The minimum absolute atomic E-state index is 0.107. The Hall–Kier alpha value is -4.01. The lowest BCUT2D eigenvalue weighted by molar-refractivity contribution is -0.116. The van der Waals surface area contributed by atoms with Gasteiger partial charge in [0.2, 0.25) is 5.91 Å². The molecular formula is C24H26N4O5. The smallest absolute Gasteiger partial charge is 0.274 e. The standard InChI is InChI=1S/C24H26N4O5/c1-4-27(15-23(29)25-17-6-8-21-22(14-17)33-12-11-32-21)24(30)18-9-10-28(26-18)19-13-16(2)5-7-20(19)31-3/h5-10,13-14H,4,11-12,15H2,1-3H3,(H,25,29). The summed E-state index contributed by atoms with van der Waals surface area (Å²) in [7, 11) is 1.59. The van der Waals surface area contributed by atoms with Gasteiger partial charge in [0.05, 0.1) is 7.11 Å². The molecule has 0 atom stereocenters. The molecule has 1 aromatic heterocycles. The van der Waals surface area contributed by atoms with Crippen LogP contribution in [0.1, 0.15) is 23.0 Å². The summed E-state index contributed by atoms with van der Waals surface area (Å²) in [5, 5.41) is 7.23. The highest BCUT2D eigenvalue weighted by atomic mass is 16.6. The first-order valence-electron chi connectivity index (χ1n) is 10.7. The summed E-state index contributed by atoms with van der Waals surface area (Å²) >= 11 is 0. The molecule has 0 spiro atoms. The topological polar surface area (TPSA) is 94.9 Å². The van der Waals surface area contributed by atoms with Crippen molar-refractivity contribution < 1.29 is 23.8 Å². The molecule has 172 valence electrons. The number of fused-ring (bicyclic) bond motifs is 1. The molecule has 0 saturated carbocycles. The lowest BCUT2D eigenvalue weighted by atomic mass is 10.2. The third-order valence-electron chi connectivity index (χ3n) is 5.22. The van der Waals surface area contributed by atoms with Gasteiger partial charge in [-0.25, -0.2) is 4.68 Å². The van der Waals surface area contributed by atoms with E-state index in [1.54, 1.807) is 42.3 Å². The van der Waals surface area contributed by atoms with Gasteiger partial charge in [-0.1, -0.05) is 6.07 Å². The number of ether oxygens (including phenoxy) is 3. The van der Waals surface area contributed by atoms with Gasteiger partial charge < -0.3 is 24.4 Å². The lowest BCUT2D eigenvalue weighted by Gasteiger charge is -2.21. The molecule has 4 rings (SSSR count). The van der Waals surface area contributed by atoms with Gasteiger partial charge in [-0.15, -0.1) is 0 Å². The molecule has 9 nitrogen and oxygen atoms in total. The first-order chi connectivity index (χ1) is 16.0. The van der Waals surface area contributed by atoms with Crippen LogP contribution in [0.2, 0.25) is 0 Å². The second-order valence-electron chi connectivity index (χ2n) is 7.55. The van der Waals surface area contributed by atoms with Crippen LogP contribution in [0.5, 0.6) is 17.2 Å². The van der Waals surface area contributed by atoms with Crippen molar-refractivity contribution in [3.8, 4) is 22.9 Å². The summed E-state index contributed by atoms with van der Waals surface area (Å²) in [6, 6.07) is 12.6. The zero-order valence-corrected chi connectivity index (χ0v) is 18.8. The Morgan fingerprint density at radius 2 is 1.91 bits per heavy atom. The molecule has 1 aliphatic heterocycles. The second-order valence-corrected chi connectivity index (χ2v) is 7.55. The Labute approximate surface area is 191 Å². The van der Waals surface area contributed by atoms with Gasteiger partial charge in [0.1, 0.15) is 31.2 Å². The van der Waals surface area contributed by atoms with Gasteiger partial charge in [0.25, 0.3) is 5.91 Å². The monoisotopic (exact) mass is 450 g/mol. The number of nitrogens with zero attached hydrogens (tertiary/aromatic N) is 3. The first kappa shape index (κ1) is 22.2. The maximum atomic E-state index is 13.0. The molecular weight excluding hydrogens is 424 g/mol. The molecule has 2 amide bonds. The minimum atomic E-state index is -0.333. The van der Waals surface area contributed by atoms with E-state index in [2.05, 4.69) is 10.4 Å². The number of nitrogens with one attached hydrogen (secondary N) is 1. The van der Waals surface area contributed by atoms with Crippen LogP contribution < -0.4 is 19.5 Å². The highest BCUT2D eigenvalue weighted by Crippen LogP contribution is 2.32. The normalized spacial score (nSPS) is 12.2. The number of benzene rings is 2. The molecule has 0 saturated heterocycles. The van der Waals surface area contributed by atoms with Gasteiger partial charge >= 0.3 is 0 Å². The Morgan fingerprint density at radius 3 is 2.67 bits per heavy atom. The van der Waals surface area contributed by atoms with E-state index in [4.69, 9.17) is 14.2 Å². The molecule has 0 unspecified atom stereocenters. The second kappa shape index (κ2) is 9.64. The van der Waals surface area contributed by atoms with Crippen molar-refractivity contribution >= 4 is 17.5 Å². The van der Waals surface area contributed by atoms with Crippen molar-refractivity contribution in [2.75, 3.05) is 38.7 Å². The molecule has 0 bridgehead atoms. The fourth-order valence-corrected chi connectivity index (χ4v) is 3.54. The molecule has 33 heavy (non-hydrogen) atoms. The number of likely N-dealkylation sites (N-methyl/N-ethyl adjacent to an activating group) is 1. The van der Waals surface area contributed by atoms with Gasteiger partial charge in [-0.05, 0) is 49.7 Å². The van der Waals surface area contributed by atoms with E-state index < -0.39 is 0 Å². The largest absolute Gasteiger partial charge is 0.494 e. The number of carbonyl (C=O) groups is 2. The van der Waals surface area contributed by atoms with Crippen LogP contribution >= 0.6 is 0 Å². The van der Waals surface area contributed by atoms with Gasteiger partial charge in [-0.3, -0.25) is 9.59 Å². The Kier molecular flexibility index (Phi) is 6.48. The minimum Gasteiger partial charge on any atom is -0.494 e. The molecule has 2 heterocycles. The number of amides is 2. The maximum Gasteiger partial charge on any atom is 0.274 e. The van der Waals surface area contributed by atoms with Crippen LogP contribution in [0.3, 0.4) is 0 Å². The number of anilines is 1. The van der Waals surface area contributed by atoms with Crippen molar-refractivity contribution in [1.29, 1.82) is 0 Å². The van der Waals surface area contributed by atoms with Crippen LogP contribution in [-0.4, -0.2) is 59.9 Å². The SMILES string of the molecule is CCN(CC(=O)Nc1ccc2c(c1)OCCO2)C(=O)c1ccn(-c2cc(C)ccc2OC)n1. The Balaban J connectivity index is 1.44. The maximum absolute atomic E-state index is 13.0. The summed E-state index contributed by atoms with van der Waals surface area (Å²) in [5.74, 6) is 1.22. The number of methoxy groups -OCH3 is 1. The van der Waals surface area contributed by atoms with Crippen LogP contribution in [0.15, 0.2) is 48.7 Å². The zero-order chi connectivity index (χ0) is 23.4. The average molecular weight is 450 g/mol. The van der Waals surface area contributed by atoms with Crippen LogP contribution in [0, 0.1) is 6.92 Å². The van der Waals surface area contributed by atoms with Crippen molar-refractivity contribution in [3.63, 3.8) is 0 Å². The number of hydrogen-bond acceptors (Lipinski definition) is 6. The highest BCUT2D eigenvalue weighted by molar-refractivity contribution is 5.98. The molecule has 2 aromatic carbocycles. The Bertz CT molecular complexity index is 1170. The number of aryl methyl sites for hydroxylation is 1. The molecule has 3 aromatic rings. The fourth-order valence-electron chi connectivity index (χ4n) is 3.54. The number of aromatic nitrogens is 2. The van der Waals surface area contributed by atoms with Crippen molar-refractivity contribution in [2.45, 2.75) is 13.8 Å². The highest BCUT2D eigenvalue weighted by Gasteiger charge is 2.21. The molecule has 0 aliphatic carbocycles. The molecule has 0 fully saturated rings. The van der Waals surface area contributed by atoms with E-state index in [1.807, 2.05) is 32.0 Å². The molecule has 9 heteroatoms. The van der Waals surface area contributed by atoms with E-state index in [0.717, 1.165) is 11.3 Å². The van der Waals surface area contributed by atoms with E-state index in [0.29, 0.717) is 42.7 Å². The van der Waals surface area contributed by atoms with Gasteiger partial charge in [0.15, 0.2) is 17.2 Å². The summed E-state index contributed by atoms with van der Waals surface area (Å²) in [4.78, 5) is 27.1. The van der Waals surface area contributed by atoms with Gasteiger partial charge in [0, 0.05) is 24.5 Å². The van der Waals surface area contributed by atoms with Gasteiger partial charge in [-0.2, -0.15) is 5.10 Å². The lowest BCUT2D eigenvalue weighted by Crippen LogP contribution is -2.38. The van der Waals surface area contributed by atoms with E-state index >= 15 is 0 Å². The predicted molar refractivity (Wildman–Crippen MR) is 122 cm³/mol. The summed E-state index contributed by atoms with van der Waals surface area (Å²) in [6.45, 7) is 4.99. The summed E-state index contributed by atoms with van der Waals surface area (Å²) < 4.78 is 18.1. The van der Waals surface area contributed by atoms with Crippen LogP contribution in [0.4, 0.5) is 5.69 Å². The number of carbonyl (C=O) groups excluding carboxylic acids is 2. The van der Waals surface area contributed by atoms with E-state index in [1.165, 1.54) is 4.90 Å². The number of rotatable bonds is 7. The third kappa shape index (κ3) is 4.92. The van der Waals surface area contributed by atoms with E-state index in [-0.39, 0.29) is 24.1 Å². The first-order valence-corrected chi connectivity index (χ1v) is 10.7. The van der Waals surface area contributed by atoms with Crippen molar-refractivity contribution in [1.82, 2.24) is 14.7 Å². The number of hydrogen-bond donors (Lipinski definition) is 1. The van der Waals surface area contributed by atoms with Crippen LogP contribution in [-0.2, 0) is 4.79 Å². The predicted octanol–water partition coefficient (Wildman–Crippen LogP) is 3.06. The molecule has 0 radical (unpaired) electrons. The molecule has 1 N–H and O–H groups in total. The Morgan fingerprint density at radius 1 is 1.12 bits per heavy atom.